The molecule has 1 N–H and O–H groups in total. The van der Waals surface area contributed by atoms with Crippen molar-refractivity contribution in [3.05, 3.63) is 59.3 Å². The van der Waals surface area contributed by atoms with E-state index in [9.17, 15) is 4.79 Å². The highest BCUT2D eigenvalue weighted by atomic mass is 16.5. The lowest BCUT2D eigenvalue weighted by Gasteiger charge is -2.32. The average molecular weight is 432 g/mol. The molecule has 0 fully saturated rings. The maximum atomic E-state index is 13.0. The summed E-state index contributed by atoms with van der Waals surface area (Å²) in [6.07, 6.45) is 2.15. The summed E-state index contributed by atoms with van der Waals surface area (Å²) < 4.78 is 18.0. The summed E-state index contributed by atoms with van der Waals surface area (Å²) in [4.78, 5) is 17.8. The topological polar surface area (TPSA) is 87.5 Å². The maximum Gasteiger partial charge on any atom is 0.226 e. The van der Waals surface area contributed by atoms with Gasteiger partial charge in [0.1, 0.15) is 11.8 Å². The summed E-state index contributed by atoms with van der Waals surface area (Å²) in [5, 5.41) is 8.16. The first-order valence-corrected chi connectivity index (χ1v) is 10.5. The van der Waals surface area contributed by atoms with Crippen molar-refractivity contribution in [1.29, 1.82) is 0 Å². The number of benzene rings is 2. The minimum Gasteiger partial charge on any atom is -0.497 e. The molecule has 1 atom stereocenters. The van der Waals surface area contributed by atoms with Gasteiger partial charge in [-0.15, -0.1) is 5.10 Å². The second-order valence-corrected chi connectivity index (χ2v) is 7.74. The van der Waals surface area contributed by atoms with Gasteiger partial charge in [0.05, 0.1) is 21.3 Å². The predicted octanol–water partition coefficient (Wildman–Crippen LogP) is 3.99. The number of hydrogen-bond acceptors (Lipinski definition) is 7. The van der Waals surface area contributed by atoms with Crippen molar-refractivity contribution in [2.24, 2.45) is 0 Å². The quantitative estimate of drug-likeness (QED) is 0.652. The van der Waals surface area contributed by atoms with Crippen LogP contribution in [0.25, 0.3) is 11.4 Å². The number of carbonyl (C=O) groups excluding carboxylic acids is 1. The van der Waals surface area contributed by atoms with Crippen LogP contribution in [0.3, 0.4) is 0 Å². The van der Waals surface area contributed by atoms with Crippen LogP contribution < -0.4 is 19.5 Å². The first-order chi connectivity index (χ1) is 15.6. The van der Waals surface area contributed by atoms with Crippen LogP contribution in [0.4, 0.5) is 5.95 Å². The molecule has 0 saturated carbocycles. The number of fused-ring (bicyclic) bond motifs is 1. The van der Waals surface area contributed by atoms with Crippen molar-refractivity contribution in [2.45, 2.75) is 25.3 Å². The molecule has 164 valence electrons. The maximum absolute atomic E-state index is 13.0. The molecule has 0 saturated heterocycles. The van der Waals surface area contributed by atoms with E-state index in [2.05, 4.69) is 5.32 Å². The van der Waals surface area contributed by atoms with Crippen molar-refractivity contribution in [3.8, 4) is 28.6 Å². The molecule has 0 radical (unpaired) electrons. The molecule has 0 spiro atoms. The number of nitrogens with zero attached hydrogens (tertiary/aromatic N) is 3. The summed E-state index contributed by atoms with van der Waals surface area (Å²) in [5.41, 5.74) is 3.41. The number of Topliss-reactive ketones (excluding diaryl/α,β-unsaturated/α-hetero) is 1. The Labute approximate surface area is 185 Å². The molecule has 0 bridgehead atoms. The average Bonchev–Trinajstić information content (AvgIpc) is 3.26. The first kappa shape index (κ1) is 20.1. The Balaban J connectivity index is 1.65. The minimum absolute atomic E-state index is 0.130. The van der Waals surface area contributed by atoms with Crippen LogP contribution in [0.2, 0.25) is 0 Å². The Morgan fingerprint density at radius 3 is 2.47 bits per heavy atom. The van der Waals surface area contributed by atoms with Crippen molar-refractivity contribution >= 4 is 11.7 Å². The SMILES string of the molecule is COc1ccc(-c2nc3n(n2)C(c2ccc(OC)c(OC)c2)C2=C(CCCC2=O)N3)cc1. The summed E-state index contributed by atoms with van der Waals surface area (Å²) in [5.74, 6) is 3.32. The number of rotatable bonds is 5. The number of methoxy groups -OCH3 is 3. The summed E-state index contributed by atoms with van der Waals surface area (Å²) in [6, 6.07) is 12.9. The molecule has 2 heterocycles. The third-order valence-corrected chi connectivity index (χ3v) is 5.94. The van der Waals surface area contributed by atoms with E-state index in [1.54, 1.807) is 26.0 Å². The van der Waals surface area contributed by atoms with E-state index >= 15 is 0 Å². The van der Waals surface area contributed by atoms with Gasteiger partial charge >= 0.3 is 0 Å². The largest absolute Gasteiger partial charge is 0.497 e. The molecule has 5 rings (SSSR count). The number of aromatic nitrogens is 3. The highest BCUT2D eigenvalue weighted by Gasteiger charge is 2.37. The first-order valence-electron chi connectivity index (χ1n) is 10.5. The standard InChI is InChI=1S/C24H24N4O4/c1-30-16-10-7-14(8-11-16)23-26-24-25-17-5-4-6-18(29)21(17)22(28(24)27-23)15-9-12-19(31-2)20(13-15)32-3/h7-13,22H,4-6H2,1-3H3,(H,25,26,27). The molecule has 1 aliphatic heterocycles. The summed E-state index contributed by atoms with van der Waals surface area (Å²) in [7, 11) is 4.83. The molecule has 3 aromatic rings. The molecule has 1 aromatic heterocycles. The monoisotopic (exact) mass is 432 g/mol. The minimum atomic E-state index is -0.395. The molecular formula is C24H24N4O4. The lowest BCUT2D eigenvalue weighted by molar-refractivity contribution is -0.116. The van der Waals surface area contributed by atoms with E-state index in [0.717, 1.165) is 41.0 Å². The van der Waals surface area contributed by atoms with Gasteiger partial charge in [0.2, 0.25) is 5.95 Å². The fraction of sp³-hybridized carbons (Fsp3) is 0.292. The molecular weight excluding hydrogens is 408 g/mol. The number of ketones is 1. The van der Waals surface area contributed by atoms with Crippen LogP contribution >= 0.6 is 0 Å². The smallest absolute Gasteiger partial charge is 0.226 e. The molecule has 32 heavy (non-hydrogen) atoms. The van der Waals surface area contributed by atoms with Gasteiger partial charge in [0.15, 0.2) is 23.1 Å². The van der Waals surface area contributed by atoms with Crippen LogP contribution in [0.1, 0.15) is 30.9 Å². The highest BCUT2D eigenvalue weighted by molar-refractivity contribution is 5.99. The number of ether oxygens (including phenoxy) is 3. The van der Waals surface area contributed by atoms with E-state index < -0.39 is 6.04 Å². The molecule has 2 aromatic carbocycles. The lowest BCUT2D eigenvalue weighted by Crippen LogP contribution is -2.31. The van der Waals surface area contributed by atoms with Crippen LogP contribution in [0.5, 0.6) is 17.2 Å². The van der Waals surface area contributed by atoms with E-state index in [1.165, 1.54) is 0 Å². The Kier molecular flexibility index (Phi) is 5.05. The fourth-order valence-electron chi connectivity index (χ4n) is 4.35. The number of anilines is 1. The Morgan fingerprint density at radius 1 is 0.969 bits per heavy atom. The van der Waals surface area contributed by atoms with Gasteiger partial charge in [0, 0.05) is 23.3 Å². The number of carbonyl (C=O) groups is 1. The zero-order valence-electron chi connectivity index (χ0n) is 18.2. The van der Waals surface area contributed by atoms with Gasteiger partial charge in [0.25, 0.3) is 0 Å². The van der Waals surface area contributed by atoms with Crippen LogP contribution in [0.15, 0.2) is 53.7 Å². The number of hydrogen-bond donors (Lipinski definition) is 1. The van der Waals surface area contributed by atoms with Crippen molar-refractivity contribution < 1.29 is 19.0 Å². The fourth-order valence-corrected chi connectivity index (χ4v) is 4.35. The van der Waals surface area contributed by atoms with Gasteiger partial charge in [-0.1, -0.05) is 6.07 Å². The Bertz CT molecular complexity index is 1210. The molecule has 1 unspecified atom stereocenters. The van der Waals surface area contributed by atoms with E-state index in [-0.39, 0.29) is 5.78 Å². The van der Waals surface area contributed by atoms with Gasteiger partial charge in [-0.05, 0) is 54.8 Å². The van der Waals surface area contributed by atoms with Crippen LogP contribution in [-0.4, -0.2) is 41.9 Å². The third kappa shape index (κ3) is 3.28. The van der Waals surface area contributed by atoms with Crippen molar-refractivity contribution in [3.63, 3.8) is 0 Å². The second kappa shape index (κ2) is 8.03. The van der Waals surface area contributed by atoms with Crippen LogP contribution in [0, 0.1) is 0 Å². The van der Waals surface area contributed by atoms with Crippen molar-refractivity contribution in [2.75, 3.05) is 26.6 Å². The van der Waals surface area contributed by atoms with Gasteiger partial charge in [-0.2, -0.15) is 4.98 Å². The number of allylic oxidation sites excluding steroid dienone is 2. The van der Waals surface area contributed by atoms with Gasteiger partial charge in [-0.3, -0.25) is 4.79 Å². The highest BCUT2D eigenvalue weighted by Crippen LogP contribution is 2.42. The Morgan fingerprint density at radius 2 is 1.75 bits per heavy atom. The molecule has 1 aliphatic carbocycles. The third-order valence-electron chi connectivity index (χ3n) is 5.94. The molecule has 0 amide bonds. The summed E-state index contributed by atoms with van der Waals surface area (Å²) in [6.45, 7) is 0. The zero-order chi connectivity index (χ0) is 22.2. The number of nitrogens with one attached hydrogen (secondary N) is 1. The lowest BCUT2D eigenvalue weighted by atomic mass is 9.85. The zero-order valence-corrected chi connectivity index (χ0v) is 18.2. The normalized spacial score (nSPS) is 17.3. The van der Waals surface area contributed by atoms with E-state index in [4.69, 9.17) is 24.3 Å². The van der Waals surface area contributed by atoms with Crippen molar-refractivity contribution in [1.82, 2.24) is 14.8 Å². The molecule has 8 nitrogen and oxygen atoms in total. The summed E-state index contributed by atoms with van der Waals surface area (Å²) >= 11 is 0. The Hall–Kier alpha value is -3.81. The predicted molar refractivity (Wildman–Crippen MR) is 119 cm³/mol. The molecule has 2 aliphatic rings. The van der Waals surface area contributed by atoms with Gasteiger partial charge < -0.3 is 19.5 Å². The second-order valence-electron chi connectivity index (χ2n) is 7.74. The van der Waals surface area contributed by atoms with E-state index in [0.29, 0.717) is 29.7 Å². The van der Waals surface area contributed by atoms with E-state index in [1.807, 2.05) is 42.5 Å². The van der Waals surface area contributed by atoms with Crippen LogP contribution in [-0.2, 0) is 4.79 Å². The molecule has 8 heteroatoms. The van der Waals surface area contributed by atoms with Gasteiger partial charge in [-0.25, -0.2) is 4.68 Å².